The van der Waals surface area contributed by atoms with E-state index in [0.29, 0.717) is 13.1 Å². The van der Waals surface area contributed by atoms with Gasteiger partial charge in [-0.05, 0) is 17.7 Å². The van der Waals surface area contributed by atoms with Crippen molar-refractivity contribution in [2.45, 2.75) is 32.9 Å². The van der Waals surface area contributed by atoms with E-state index in [1.54, 1.807) is 0 Å². The monoisotopic (exact) mass is 307 g/mol. The minimum Gasteiger partial charge on any atom is -0.380 e. The van der Waals surface area contributed by atoms with Crippen LogP contribution in [0.2, 0.25) is 0 Å². The molecule has 0 aliphatic rings. The molecule has 1 atom stereocenters. The van der Waals surface area contributed by atoms with Crippen molar-refractivity contribution in [1.82, 2.24) is 5.32 Å². The van der Waals surface area contributed by atoms with Crippen LogP contribution < -0.4 is 16.4 Å². The number of ether oxygens (including phenoxy) is 1. The molecular formula is C16H25N3O3. The van der Waals surface area contributed by atoms with Gasteiger partial charge in [-0.25, -0.2) is 0 Å². The Morgan fingerprint density at radius 1 is 1.23 bits per heavy atom. The van der Waals surface area contributed by atoms with Gasteiger partial charge in [-0.1, -0.05) is 26.0 Å². The molecule has 0 radical (unpaired) electrons. The van der Waals surface area contributed by atoms with Crippen LogP contribution in [0, 0.1) is 5.92 Å². The summed E-state index contributed by atoms with van der Waals surface area (Å²) < 4.78 is 5.07. The van der Waals surface area contributed by atoms with Gasteiger partial charge in [0.2, 0.25) is 11.8 Å². The van der Waals surface area contributed by atoms with Crippen LogP contribution in [0.25, 0.3) is 0 Å². The molecule has 0 saturated carbocycles. The highest BCUT2D eigenvalue weighted by Gasteiger charge is 2.11. The molecule has 0 saturated heterocycles. The van der Waals surface area contributed by atoms with E-state index < -0.39 is 0 Å². The predicted octanol–water partition coefficient (Wildman–Crippen LogP) is 1.26. The predicted molar refractivity (Wildman–Crippen MR) is 86.2 cm³/mol. The third-order valence-electron chi connectivity index (χ3n) is 3.24. The standard InChI is InChI=1S/C16H25N3O3/c1-11(2)16(21)19-13-6-4-12(5-7-13)10-18-15(20)8-14(9-17)22-3/h4-7,11,14H,8-10,17H2,1-3H3,(H,18,20)(H,19,21). The van der Waals surface area contributed by atoms with Gasteiger partial charge < -0.3 is 21.1 Å². The van der Waals surface area contributed by atoms with Crippen LogP contribution in [0.5, 0.6) is 0 Å². The van der Waals surface area contributed by atoms with E-state index in [-0.39, 0.29) is 30.3 Å². The largest absolute Gasteiger partial charge is 0.380 e. The number of carbonyl (C=O) groups is 2. The van der Waals surface area contributed by atoms with Gasteiger partial charge in [-0.3, -0.25) is 9.59 Å². The topological polar surface area (TPSA) is 93.4 Å². The zero-order chi connectivity index (χ0) is 16.5. The van der Waals surface area contributed by atoms with Crippen molar-refractivity contribution < 1.29 is 14.3 Å². The maximum absolute atomic E-state index is 11.7. The summed E-state index contributed by atoms with van der Waals surface area (Å²) in [7, 11) is 1.54. The molecular weight excluding hydrogens is 282 g/mol. The average molecular weight is 307 g/mol. The van der Waals surface area contributed by atoms with Gasteiger partial charge in [0.25, 0.3) is 0 Å². The van der Waals surface area contributed by atoms with Crippen LogP contribution in [0.1, 0.15) is 25.8 Å². The molecule has 0 aliphatic heterocycles. The lowest BCUT2D eigenvalue weighted by Crippen LogP contribution is -2.31. The number of nitrogens with two attached hydrogens (primary N) is 1. The van der Waals surface area contributed by atoms with Crippen molar-refractivity contribution in [3.05, 3.63) is 29.8 Å². The maximum atomic E-state index is 11.7. The van der Waals surface area contributed by atoms with Crippen molar-refractivity contribution in [2.24, 2.45) is 11.7 Å². The molecule has 0 spiro atoms. The zero-order valence-electron chi connectivity index (χ0n) is 13.4. The first-order valence-electron chi connectivity index (χ1n) is 7.35. The maximum Gasteiger partial charge on any atom is 0.226 e. The second-order valence-corrected chi connectivity index (χ2v) is 5.42. The summed E-state index contributed by atoms with van der Waals surface area (Å²) in [6.45, 7) is 4.42. The molecule has 0 aromatic heterocycles. The number of hydrogen-bond donors (Lipinski definition) is 3. The van der Waals surface area contributed by atoms with Crippen LogP contribution in [0.4, 0.5) is 5.69 Å². The molecule has 122 valence electrons. The van der Waals surface area contributed by atoms with Crippen LogP contribution in [0.3, 0.4) is 0 Å². The molecule has 22 heavy (non-hydrogen) atoms. The molecule has 6 heteroatoms. The first-order valence-corrected chi connectivity index (χ1v) is 7.35. The Morgan fingerprint density at radius 3 is 2.36 bits per heavy atom. The van der Waals surface area contributed by atoms with Gasteiger partial charge >= 0.3 is 0 Å². The van der Waals surface area contributed by atoms with Crippen molar-refractivity contribution in [1.29, 1.82) is 0 Å². The lowest BCUT2D eigenvalue weighted by Gasteiger charge is -2.13. The van der Waals surface area contributed by atoms with Gasteiger partial charge in [-0.2, -0.15) is 0 Å². The quantitative estimate of drug-likeness (QED) is 0.674. The van der Waals surface area contributed by atoms with E-state index in [4.69, 9.17) is 10.5 Å². The third kappa shape index (κ3) is 6.24. The van der Waals surface area contributed by atoms with Crippen molar-refractivity contribution >= 4 is 17.5 Å². The fourth-order valence-electron chi connectivity index (χ4n) is 1.74. The molecule has 0 heterocycles. The number of rotatable bonds is 8. The summed E-state index contributed by atoms with van der Waals surface area (Å²) in [6, 6.07) is 7.37. The Bertz CT molecular complexity index is 482. The number of hydrogen-bond acceptors (Lipinski definition) is 4. The van der Waals surface area contributed by atoms with Gasteiger partial charge in [0.1, 0.15) is 0 Å². The molecule has 1 aromatic carbocycles. The van der Waals surface area contributed by atoms with E-state index in [2.05, 4.69) is 10.6 Å². The summed E-state index contributed by atoms with van der Waals surface area (Å²) in [5.41, 5.74) is 7.18. The van der Waals surface area contributed by atoms with Gasteiger partial charge in [0.15, 0.2) is 0 Å². The normalized spacial score (nSPS) is 12.0. The lowest BCUT2D eigenvalue weighted by molar-refractivity contribution is -0.123. The van der Waals surface area contributed by atoms with Crippen LogP contribution >= 0.6 is 0 Å². The van der Waals surface area contributed by atoms with Crippen molar-refractivity contribution in [3.8, 4) is 0 Å². The van der Waals surface area contributed by atoms with Gasteiger partial charge in [-0.15, -0.1) is 0 Å². The summed E-state index contributed by atoms with van der Waals surface area (Å²) in [4.78, 5) is 23.3. The fraction of sp³-hybridized carbons (Fsp3) is 0.500. The third-order valence-corrected chi connectivity index (χ3v) is 3.24. The van der Waals surface area contributed by atoms with E-state index in [1.165, 1.54) is 7.11 Å². The summed E-state index contributed by atoms with van der Waals surface area (Å²) in [5, 5.41) is 5.63. The average Bonchev–Trinajstić information content (AvgIpc) is 2.51. The fourth-order valence-corrected chi connectivity index (χ4v) is 1.74. The molecule has 1 rings (SSSR count). The van der Waals surface area contributed by atoms with Crippen molar-refractivity contribution in [3.63, 3.8) is 0 Å². The summed E-state index contributed by atoms with van der Waals surface area (Å²) in [5.74, 6) is -0.182. The molecule has 0 aliphatic carbocycles. The van der Waals surface area contributed by atoms with Crippen LogP contribution in [-0.2, 0) is 20.9 Å². The lowest BCUT2D eigenvalue weighted by atomic mass is 10.1. The van der Waals surface area contributed by atoms with Gasteiger partial charge in [0, 0.05) is 31.8 Å². The molecule has 6 nitrogen and oxygen atoms in total. The number of anilines is 1. The number of nitrogens with one attached hydrogen (secondary N) is 2. The molecule has 0 fully saturated rings. The number of amides is 2. The molecule has 0 bridgehead atoms. The second kappa shape index (κ2) is 9.17. The molecule has 1 unspecified atom stereocenters. The van der Waals surface area contributed by atoms with E-state index in [0.717, 1.165) is 11.3 Å². The highest BCUT2D eigenvalue weighted by Crippen LogP contribution is 2.11. The highest BCUT2D eigenvalue weighted by molar-refractivity contribution is 5.92. The van der Waals surface area contributed by atoms with E-state index in [9.17, 15) is 9.59 Å². The Morgan fingerprint density at radius 2 is 1.86 bits per heavy atom. The minimum atomic E-state index is -0.256. The SMILES string of the molecule is COC(CN)CC(=O)NCc1ccc(NC(=O)C(C)C)cc1. The second-order valence-electron chi connectivity index (χ2n) is 5.42. The van der Waals surface area contributed by atoms with Gasteiger partial charge in [0.05, 0.1) is 12.5 Å². The Hall–Kier alpha value is -1.92. The smallest absolute Gasteiger partial charge is 0.226 e. The molecule has 1 aromatic rings. The highest BCUT2D eigenvalue weighted by atomic mass is 16.5. The van der Waals surface area contributed by atoms with E-state index >= 15 is 0 Å². The Kier molecular flexibility index (Phi) is 7.56. The zero-order valence-corrected chi connectivity index (χ0v) is 13.4. The first kappa shape index (κ1) is 18.1. The number of carbonyl (C=O) groups excluding carboxylic acids is 2. The van der Waals surface area contributed by atoms with Crippen LogP contribution in [-0.4, -0.2) is 31.6 Å². The first-order chi connectivity index (χ1) is 10.5. The molecule has 2 amide bonds. The number of benzene rings is 1. The summed E-state index contributed by atoms with van der Waals surface area (Å²) in [6.07, 6.45) is -0.0103. The minimum absolute atomic E-state index is 0.0200. The molecule has 4 N–H and O–H groups in total. The Labute approximate surface area is 131 Å². The van der Waals surface area contributed by atoms with Crippen molar-refractivity contribution in [2.75, 3.05) is 19.0 Å². The number of methoxy groups -OCH3 is 1. The Balaban J connectivity index is 2.44. The van der Waals surface area contributed by atoms with Crippen LogP contribution in [0.15, 0.2) is 24.3 Å². The van der Waals surface area contributed by atoms with E-state index in [1.807, 2.05) is 38.1 Å². The summed E-state index contributed by atoms with van der Waals surface area (Å²) >= 11 is 0.